The van der Waals surface area contributed by atoms with E-state index in [-0.39, 0.29) is 10.8 Å². The fourth-order valence-corrected chi connectivity index (χ4v) is 4.80. The average molecular weight is 476 g/mol. The van der Waals surface area contributed by atoms with Crippen LogP contribution in [0.3, 0.4) is 0 Å². The van der Waals surface area contributed by atoms with Crippen molar-refractivity contribution in [2.45, 2.75) is 45.1 Å². The van der Waals surface area contributed by atoms with Crippen molar-refractivity contribution in [3.63, 3.8) is 0 Å². The van der Waals surface area contributed by atoms with E-state index in [1.165, 1.54) is 12.1 Å². The summed E-state index contributed by atoms with van der Waals surface area (Å²) in [7, 11) is -3.84. The van der Waals surface area contributed by atoms with Gasteiger partial charge in [0.15, 0.2) is 0 Å². The monoisotopic (exact) mass is 475 g/mol. The van der Waals surface area contributed by atoms with Crippen LogP contribution in [0.2, 0.25) is 5.02 Å². The Hall–Kier alpha value is -2.65. The zero-order chi connectivity index (χ0) is 23.8. The van der Waals surface area contributed by atoms with Crippen LogP contribution < -0.4 is 10.5 Å². The molecule has 170 valence electrons. The number of nitrogens with two attached hydrogens (primary N) is 1. The Morgan fingerprint density at radius 1 is 1.12 bits per heavy atom. The van der Waals surface area contributed by atoms with Gasteiger partial charge in [0, 0.05) is 34.2 Å². The van der Waals surface area contributed by atoms with E-state index < -0.39 is 16.1 Å². The van der Waals surface area contributed by atoms with Crippen LogP contribution in [-0.2, 0) is 16.4 Å². The van der Waals surface area contributed by atoms with Gasteiger partial charge in [-0.05, 0) is 81.3 Å². The lowest BCUT2D eigenvalue weighted by Crippen LogP contribution is -2.16. The molecular formula is C23H26ClN3O4S. The molecule has 0 aliphatic carbocycles. The Balaban J connectivity index is 2.02. The molecule has 32 heavy (non-hydrogen) atoms. The highest BCUT2D eigenvalue weighted by Gasteiger charge is 2.21. The van der Waals surface area contributed by atoms with Crippen molar-refractivity contribution in [3.05, 3.63) is 75.6 Å². The van der Waals surface area contributed by atoms with Crippen LogP contribution in [0.15, 0.2) is 47.4 Å². The quantitative estimate of drug-likeness (QED) is 0.501. The molecule has 0 saturated heterocycles. The molecule has 0 saturated carbocycles. The summed E-state index contributed by atoms with van der Waals surface area (Å²) in [5.74, 6) is -0.345. The van der Waals surface area contributed by atoms with E-state index in [2.05, 4.69) is 5.32 Å². The predicted octanol–water partition coefficient (Wildman–Crippen LogP) is 3.88. The van der Waals surface area contributed by atoms with Crippen LogP contribution in [0.4, 0.5) is 5.69 Å². The summed E-state index contributed by atoms with van der Waals surface area (Å²) in [4.78, 5) is 13.1. The summed E-state index contributed by atoms with van der Waals surface area (Å²) in [6.07, 6.45) is -0.238. The van der Waals surface area contributed by atoms with Crippen LogP contribution in [0.5, 0.6) is 0 Å². The molecule has 0 bridgehead atoms. The molecular weight excluding hydrogens is 450 g/mol. The van der Waals surface area contributed by atoms with E-state index in [0.29, 0.717) is 34.0 Å². The molecule has 1 amide bonds. The number of anilines is 1. The van der Waals surface area contributed by atoms with Gasteiger partial charge in [0.1, 0.15) is 0 Å². The first-order chi connectivity index (χ1) is 14.9. The molecule has 3 aromatic rings. The minimum atomic E-state index is -3.84. The van der Waals surface area contributed by atoms with Crippen molar-refractivity contribution < 1.29 is 18.3 Å². The number of halogens is 1. The van der Waals surface area contributed by atoms with Gasteiger partial charge in [-0.15, -0.1) is 0 Å². The zero-order valence-electron chi connectivity index (χ0n) is 18.3. The average Bonchev–Trinajstić information content (AvgIpc) is 2.96. The van der Waals surface area contributed by atoms with E-state index in [0.717, 1.165) is 16.9 Å². The first-order valence-electron chi connectivity index (χ1n) is 9.99. The number of primary sulfonamides is 1. The molecule has 0 aliphatic heterocycles. The maximum Gasteiger partial charge on any atom is 0.257 e. The van der Waals surface area contributed by atoms with Crippen molar-refractivity contribution in [2.24, 2.45) is 5.14 Å². The normalized spacial score (nSPS) is 12.6. The van der Waals surface area contributed by atoms with Gasteiger partial charge in [0.25, 0.3) is 5.91 Å². The van der Waals surface area contributed by atoms with E-state index in [4.69, 9.17) is 16.7 Å². The molecule has 4 N–H and O–H groups in total. The fourth-order valence-electron chi connectivity index (χ4n) is 3.80. The highest BCUT2D eigenvalue weighted by Crippen LogP contribution is 2.27. The van der Waals surface area contributed by atoms with E-state index in [1.807, 2.05) is 30.5 Å². The van der Waals surface area contributed by atoms with Gasteiger partial charge in [-0.3, -0.25) is 4.79 Å². The van der Waals surface area contributed by atoms with Crippen molar-refractivity contribution in [3.8, 4) is 5.69 Å². The zero-order valence-corrected chi connectivity index (χ0v) is 19.9. The number of amides is 1. The van der Waals surface area contributed by atoms with Gasteiger partial charge in [-0.1, -0.05) is 11.6 Å². The molecule has 0 aliphatic rings. The summed E-state index contributed by atoms with van der Waals surface area (Å²) >= 11 is 6.11. The number of carbonyl (C=O) groups excluding carboxylic acids is 1. The van der Waals surface area contributed by atoms with Crippen molar-refractivity contribution in [1.29, 1.82) is 0 Å². The van der Waals surface area contributed by atoms with Crippen molar-refractivity contribution >= 4 is 33.2 Å². The molecule has 0 radical (unpaired) electrons. The van der Waals surface area contributed by atoms with Crippen LogP contribution >= 0.6 is 11.6 Å². The number of hydrogen-bond donors (Lipinski definition) is 3. The minimum Gasteiger partial charge on any atom is -0.393 e. The molecule has 2 aromatic carbocycles. The molecule has 1 atom stereocenters. The Labute approximate surface area is 192 Å². The number of hydrogen-bond acceptors (Lipinski definition) is 4. The molecule has 1 heterocycles. The van der Waals surface area contributed by atoms with Gasteiger partial charge < -0.3 is 15.0 Å². The van der Waals surface area contributed by atoms with Gasteiger partial charge in [0.05, 0.1) is 16.6 Å². The second-order valence-corrected chi connectivity index (χ2v) is 9.90. The van der Waals surface area contributed by atoms with Crippen LogP contribution in [0, 0.1) is 20.8 Å². The van der Waals surface area contributed by atoms with Crippen molar-refractivity contribution in [2.75, 3.05) is 5.32 Å². The lowest BCUT2D eigenvalue weighted by atomic mass is 10.1. The number of nitrogens with one attached hydrogen (secondary N) is 1. The van der Waals surface area contributed by atoms with Gasteiger partial charge in [-0.25, -0.2) is 13.6 Å². The topological polar surface area (TPSA) is 114 Å². The molecule has 7 nitrogen and oxygen atoms in total. The van der Waals surface area contributed by atoms with E-state index in [9.17, 15) is 18.3 Å². The number of aliphatic hydroxyl groups excluding tert-OH is 1. The molecule has 9 heteroatoms. The largest absolute Gasteiger partial charge is 0.393 e. The first kappa shape index (κ1) is 24.0. The fraction of sp³-hybridized carbons (Fsp3) is 0.261. The Morgan fingerprint density at radius 3 is 2.38 bits per heavy atom. The second kappa shape index (κ2) is 9.07. The third-order valence-electron chi connectivity index (χ3n) is 5.21. The summed E-state index contributed by atoms with van der Waals surface area (Å²) in [5, 5.41) is 18.6. The second-order valence-electron chi connectivity index (χ2n) is 7.93. The van der Waals surface area contributed by atoms with Crippen LogP contribution in [0.1, 0.15) is 39.8 Å². The number of nitrogens with zero attached hydrogens (tertiary/aromatic N) is 1. The molecule has 3 rings (SSSR count). The number of aryl methyl sites for hydroxylation is 2. The predicted molar refractivity (Wildman–Crippen MR) is 126 cm³/mol. The molecule has 0 fully saturated rings. The number of carbonyl (C=O) groups is 1. The van der Waals surface area contributed by atoms with Crippen LogP contribution in [0.25, 0.3) is 5.69 Å². The van der Waals surface area contributed by atoms with Crippen molar-refractivity contribution in [1.82, 2.24) is 4.57 Å². The Kier molecular flexibility index (Phi) is 6.80. The Morgan fingerprint density at radius 2 is 1.81 bits per heavy atom. The third kappa shape index (κ3) is 5.05. The van der Waals surface area contributed by atoms with E-state index >= 15 is 0 Å². The minimum absolute atomic E-state index is 0.00951. The maximum absolute atomic E-state index is 13.1. The summed E-state index contributed by atoms with van der Waals surface area (Å²) in [5.41, 5.74) is 4.63. The highest BCUT2D eigenvalue weighted by molar-refractivity contribution is 7.89. The Bertz CT molecular complexity index is 1300. The molecule has 0 spiro atoms. The summed E-state index contributed by atoms with van der Waals surface area (Å²) in [6.45, 7) is 7.07. The number of benzene rings is 2. The van der Waals surface area contributed by atoms with Crippen LogP contribution in [-0.4, -0.2) is 30.1 Å². The third-order valence-corrected chi connectivity index (χ3v) is 6.52. The van der Waals surface area contributed by atoms with E-state index in [1.54, 1.807) is 32.0 Å². The maximum atomic E-state index is 13.1. The first-order valence-corrected chi connectivity index (χ1v) is 11.9. The SMILES string of the molecule is Cc1cc(Cl)ccc1-n1c(CC(C)O)cc(C(=O)Nc2ccc(S(N)(=O)=O)c(C)c2)c1C. The molecule has 1 aromatic heterocycles. The number of aliphatic hydroxyl groups is 1. The van der Waals surface area contributed by atoms with Gasteiger partial charge in [0.2, 0.25) is 10.0 Å². The van der Waals surface area contributed by atoms with Gasteiger partial charge >= 0.3 is 0 Å². The molecule has 1 unspecified atom stereocenters. The number of aromatic nitrogens is 1. The lowest BCUT2D eigenvalue weighted by Gasteiger charge is -2.16. The number of sulfonamides is 1. The standard InChI is InChI=1S/C23H26ClN3O4S/c1-13-9-17(24)5-7-21(13)27-16(4)20(12-19(27)11-15(3)28)23(29)26-18-6-8-22(14(2)10-18)32(25,30)31/h5-10,12,15,28H,11H2,1-4H3,(H,26,29)(H2,25,30,31). The summed E-state index contributed by atoms with van der Waals surface area (Å²) < 4.78 is 25.2. The number of rotatable bonds is 6. The smallest absolute Gasteiger partial charge is 0.257 e. The highest BCUT2D eigenvalue weighted by atomic mass is 35.5. The van der Waals surface area contributed by atoms with Gasteiger partial charge in [-0.2, -0.15) is 0 Å². The lowest BCUT2D eigenvalue weighted by molar-refractivity contribution is 0.102. The summed E-state index contributed by atoms with van der Waals surface area (Å²) in [6, 6.07) is 11.7.